The van der Waals surface area contributed by atoms with Gasteiger partial charge in [-0.05, 0) is 116 Å². The molecule has 0 aromatic rings. The number of hydrogen-bond acceptors (Lipinski definition) is 5. The van der Waals surface area contributed by atoms with Crippen LogP contribution in [0.15, 0.2) is 146 Å². The maximum atomic E-state index is 12.4. The number of aliphatic hydroxyl groups is 1. The van der Waals surface area contributed by atoms with Gasteiger partial charge in [-0.3, -0.25) is 9.59 Å². The van der Waals surface area contributed by atoms with Crippen LogP contribution >= 0.6 is 0 Å². The van der Waals surface area contributed by atoms with Gasteiger partial charge >= 0.3 is 11.9 Å². The molecule has 1 atom stereocenters. The van der Waals surface area contributed by atoms with Gasteiger partial charge in [-0.1, -0.05) is 327 Å². The number of allylic oxidation sites excluding steroid dienone is 24. The van der Waals surface area contributed by atoms with Gasteiger partial charge in [0.1, 0.15) is 6.61 Å². The van der Waals surface area contributed by atoms with Crippen LogP contribution in [0.2, 0.25) is 0 Å². The van der Waals surface area contributed by atoms with E-state index >= 15 is 0 Å². The molecule has 466 valence electrons. The van der Waals surface area contributed by atoms with Crippen LogP contribution in [0, 0.1) is 0 Å². The number of rotatable bonds is 62. The van der Waals surface area contributed by atoms with Gasteiger partial charge in [0.05, 0.1) is 6.61 Å². The Kier molecular flexibility index (Phi) is 67.4. The van der Waals surface area contributed by atoms with E-state index in [1.54, 1.807) is 0 Å². The molecule has 0 rings (SSSR count). The Morgan fingerprint density at radius 2 is 0.488 bits per heavy atom. The normalized spacial score (nSPS) is 13.2. The summed E-state index contributed by atoms with van der Waals surface area (Å²) in [6, 6.07) is 0. The fraction of sp³-hybridized carbons (Fsp3) is 0.662. The van der Waals surface area contributed by atoms with Crippen LogP contribution in [0.5, 0.6) is 0 Å². The average molecular weight is 1130 g/mol. The summed E-state index contributed by atoms with van der Waals surface area (Å²) in [4.78, 5) is 24.7. The third-order valence-corrected chi connectivity index (χ3v) is 14.6. The number of ether oxygens (including phenoxy) is 2. The molecule has 0 aromatic heterocycles. The molecule has 0 aliphatic carbocycles. The van der Waals surface area contributed by atoms with Crippen LogP contribution in [0.25, 0.3) is 0 Å². The summed E-state index contributed by atoms with van der Waals surface area (Å²) in [6.45, 7) is 3.93. The van der Waals surface area contributed by atoms with E-state index < -0.39 is 6.10 Å². The third-order valence-electron chi connectivity index (χ3n) is 14.6. The molecule has 5 nitrogen and oxygen atoms in total. The van der Waals surface area contributed by atoms with Gasteiger partial charge in [0, 0.05) is 12.8 Å². The highest BCUT2D eigenvalue weighted by Crippen LogP contribution is 2.17. The summed E-state index contributed by atoms with van der Waals surface area (Å²) < 4.78 is 10.8. The Balaban J connectivity index is 3.49. The van der Waals surface area contributed by atoms with E-state index in [9.17, 15) is 14.7 Å². The monoisotopic (exact) mass is 1130 g/mol. The van der Waals surface area contributed by atoms with Crippen LogP contribution in [0.3, 0.4) is 0 Å². The highest BCUT2D eigenvalue weighted by atomic mass is 16.6. The number of unbranched alkanes of at least 4 members (excludes halogenated alkanes) is 30. The van der Waals surface area contributed by atoms with Crippen molar-refractivity contribution in [2.45, 2.75) is 315 Å². The first-order chi connectivity index (χ1) is 40.6. The molecule has 1 N–H and O–H groups in total. The van der Waals surface area contributed by atoms with E-state index in [1.807, 2.05) is 0 Å². The van der Waals surface area contributed by atoms with Crippen molar-refractivity contribution >= 4 is 11.9 Å². The summed E-state index contributed by atoms with van der Waals surface area (Å²) in [7, 11) is 0. The van der Waals surface area contributed by atoms with E-state index in [2.05, 4.69) is 160 Å². The lowest BCUT2D eigenvalue weighted by Gasteiger charge is -2.15. The molecule has 0 spiro atoms. The van der Waals surface area contributed by atoms with E-state index in [1.165, 1.54) is 167 Å². The first kappa shape index (κ1) is 77.8. The minimum atomic E-state index is -0.781. The van der Waals surface area contributed by atoms with Crippen LogP contribution in [0.4, 0.5) is 0 Å². The molecular weight excluding hydrogens is 1000 g/mol. The van der Waals surface area contributed by atoms with Gasteiger partial charge in [0.2, 0.25) is 0 Å². The molecule has 1 unspecified atom stereocenters. The fourth-order valence-corrected chi connectivity index (χ4v) is 9.57. The van der Waals surface area contributed by atoms with Crippen molar-refractivity contribution in [1.29, 1.82) is 0 Å². The van der Waals surface area contributed by atoms with Gasteiger partial charge in [-0.2, -0.15) is 0 Å². The van der Waals surface area contributed by atoms with Crippen molar-refractivity contribution in [3.8, 4) is 0 Å². The van der Waals surface area contributed by atoms with E-state index in [4.69, 9.17) is 9.47 Å². The Morgan fingerprint density at radius 1 is 0.280 bits per heavy atom. The lowest BCUT2D eigenvalue weighted by Crippen LogP contribution is -2.28. The second kappa shape index (κ2) is 71.0. The van der Waals surface area contributed by atoms with Crippen LogP contribution < -0.4 is 0 Å². The van der Waals surface area contributed by atoms with Gasteiger partial charge < -0.3 is 14.6 Å². The highest BCUT2D eigenvalue weighted by Gasteiger charge is 2.16. The highest BCUT2D eigenvalue weighted by molar-refractivity contribution is 5.70. The maximum absolute atomic E-state index is 12.4. The predicted molar refractivity (Wildman–Crippen MR) is 361 cm³/mol. The smallest absolute Gasteiger partial charge is 0.306 e. The summed E-state index contributed by atoms with van der Waals surface area (Å²) >= 11 is 0. The summed E-state index contributed by atoms with van der Waals surface area (Å²) in [5.41, 5.74) is 0. The Bertz CT molecular complexity index is 1710. The lowest BCUT2D eigenvalue weighted by molar-refractivity contribution is -0.161. The molecule has 82 heavy (non-hydrogen) atoms. The van der Waals surface area contributed by atoms with Gasteiger partial charge in [-0.15, -0.1) is 0 Å². The van der Waals surface area contributed by atoms with Crippen molar-refractivity contribution in [2.24, 2.45) is 0 Å². The average Bonchev–Trinajstić information content (AvgIpc) is 3.49. The second-order valence-corrected chi connectivity index (χ2v) is 22.5. The standard InChI is InChI=1S/C77H128O5/c1-3-5-7-9-11-13-15-17-19-21-23-25-27-29-31-33-35-36-37-38-39-40-42-44-46-48-50-52-54-56-58-60-62-64-66-68-70-72-77(80)82-75(73-78)74-81-76(79)71-69-67-65-63-61-59-57-55-53-51-49-47-45-43-41-34-32-30-28-26-24-22-20-18-16-14-12-10-8-6-4-2/h5-8,11-14,17-20,23-26,29-32,35-36,38-39,75,78H,3-4,9-10,15-16,21-22,27-28,33-34,37,40-74H2,1-2H3/b7-5-,8-6-,13-11-,14-12-,19-17-,20-18-,25-23-,26-24-,31-29-,32-30-,36-35-,39-38-. The Hall–Kier alpha value is -4.22. The molecule has 0 saturated heterocycles. The first-order valence-electron chi connectivity index (χ1n) is 34.4. The molecule has 0 aromatic carbocycles. The number of esters is 2. The molecule has 0 amide bonds. The van der Waals surface area contributed by atoms with Crippen molar-refractivity contribution in [3.05, 3.63) is 146 Å². The van der Waals surface area contributed by atoms with Crippen molar-refractivity contribution < 1.29 is 24.2 Å². The molecule has 0 radical (unpaired) electrons. The van der Waals surface area contributed by atoms with Crippen molar-refractivity contribution in [2.75, 3.05) is 13.2 Å². The lowest BCUT2D eigenvalue weighted by atomic mass is 10.0. The molecule has 0 bridgehead atoms. The third kappa shape index (κ3) is 68.3. The molecular formula is C77H128O5. The van der Waals surface area contributed by atoms with E-state index in [0.29, 0.717) is 12.8 Å². The van der Waals surface area contributed by atoms with Gasteiger partial charge in [-0.25, -0.2) is 0 Å². The molecule has 5 heteroatoms. The first-order valence-corrected chi connectivity index (χ1v) is 34.4. The maximum Gasteiger partial charge on any atom is 0.306 e. The topological polar surface area (TPSA) is 72.8 Å². The van der Waals surface area contributed by atoms with Crippen molar-refractivity contribution in [1.82, 2.24) is 0 Å². The van der Waals surface area contributed by atoms with Crippen LogP contribution in [-0.2, 0) is 19.1 Å². The fourth-order valence-electron chi connectivity index (χ4n) is 9.57. The molecule has 0 fully saturated rings. The zero-order valence-electron chi connectivity index (χ0n) is 53.5. The quantitative estimate of drug-likeness (QED) is 0.0373. The number of carbonyl (C=O) groups excluding carboxylic acids is 2. The van der Waals surface area contributed by atoms with E-state index in [0.717, 1.165) is 116 Å². The zero-order valence-corrected chi connectivity index (χ0v) is 53.5. The second-order valence-electron chi connectivity index (χ2n) is 22.5. The Labute approximate surface area is 508 Å². The minimum absolute atomic E-state index is 0.0702. The van der Waals surface area contributed by atoms with Crippen LogP contribution in [-0.4, -0.2) is 36.4 Å². The molecule has 0 saturated carbocycles. The van der Waals surface area contributed by atoms with Gasteiger partial charge in [0.15, 0.2) is 6.10 Å². The molecule has 0 aliphatic heterocycles. The summed E-state index contributed by atoms with van der Waals surface area (Å²) in [6.07, 6.45) is 107. The predicted octanol–water partition coefficient (Wildman–Crippen LogP) is 24.1. The Morgan fingerprint density at radius 3 is 0.732 bits per heavy atom. The number of hydrogen-bond donors (Lipinski definition) is 1. The summed E-state index contributed by atoms with van der Waals surface area (Å²) in [5.74, 6) is -0.587. The summed E-state index contributed by atoms with van der Waals surface area (Å²) in [5, 5.41) is 9.70. The van der Waals surface area contributed by atoms with E-state index in [-0.39, 0.29) is 25.2 Å². The number of carbonyl (C=O) groups is 2. The SMILES string of the molecule is CC/C=C\C/C=C\C/C=C\C/C=C\C/C=C\C/C=C\C/C=C\CCCCCCCCCCCCCCCCCC(=O)OC(CO)COC(=O)CCCCCCCCCCCCCCCCC/C=C\C/C=C\C/C=C\C/C=C\C/C=C\CC. The van der Waals surface area contributed by atoms with Gasteiger partial charge in [0.25, 0.3) is 0 Å². The minimum Gasteiger partial charge on any atom is -0.462 e. The van der Waals surface area contributed by atoms with Crippen LogP contribution in [0.1, 0.15) is 309 Å². The van der Waals surface area contributed by atoms with Crippen molar-refractivity contribution in [3.63, 3.8) is 0 Å². The molecule has 0 aliphatic rings. The number of aliphatic hydroxyl groups excluding tert-OH is 1. The zero-order chi connectivity index (χ0) is 59.1. The largest absolute Gasteiger partial charge is 0.462 e. The molecule has 0 heterocycles.